The van der Waals surface area contributed by atoms with E-state index in [4.69, 9.17) is 4.84 Å². The zero-order valence-electron chi connectivity index (χ0n) is 10.2. The van der Waals surface area contributed by atoms with Crippen LogP contribution in [0, 0.1) is 0 Å². The Labute approximate surface area is 91.6 Å². The minimum atomic E-state index is -0.172. The molecule has 0 radical (unpaired) electrons. The van der Waals surface area contributed by atoms with Crippen molar-refractivity contribution in [3.63, 3.8) is 0 Å². The summed E-state index contributed by atoms with van der Waals surface area (Å²) in [5, 5.41) is 4.22. The molecule has 4 nitrogen and oxygen atoms in total. The topological polar surface area (TPSA) is 39.1 Å². The molecule has 1 unspecified atom stereocenters. The van der Waals surface area contributed by atoms with Crippen molar-refractivity contribution in [3.05, 3.63) is 18.0 Å². The highest BCUT2D eigenvalue weighted by molar-refractivity contribution is 5.08. The van der Waals surface area contributed by atoms with Gasteiger partial charge in [-0.25, -0.2) is 0 Å². The molecular weight excluding hydrogens is 190 g/mol. The van der Waals surface area contributed by atoms with Crippen LogP contribution in [0.2, 0.25) is 0 Å². The first-order valence-corrected chi connectivity index (χ1v) is 5.38. The van der Waals surface area contributed by atoms with Gasteiger partial charge in [-0.1, -0.05) is 0 Å². The lowest BCUT2D eigenvalue weighted by Crippen LogP contribution is -2.30. The molecule has 0 aliphatic rings. The fourth-order valence-corrected chi connectivity index (χ4v) is 1.11. The van der Waals surface area contributed by atoms with Crippen molar-refractivity contribution in [3.8, 4) is 0 Å². The summed E-state index contributed by atoms with van der Waals surface area (Å²) in [7, 11) is 0. The maximum absolute atomic E-state index is 5.50. The molecule has 0 saturated carbocycles. The lowest BCUT2D eigenvalue weighted by Gasteiger charge is -2.22. The quantitative estimate of drug-likeness (QED) is 0.777. The normalized spacial score (nSPS) is 14.2. The van der Waals surface area contributed by atoms with Crippen molar-refractivity contribution in [2.45, 2.75) is 52.8 Å². The smallest absolute Gasteiger partial charge is 0.0813 e. The molecule has 1 aromatic heterocycles. The van der Waals surface area contributed by atoms with Gasteiger partial charge in [0.05, 0.1) is 17.8 Å². The average molecular weight is 211 g/mol. The summed E-state index contributed by atoms with van der Waals surface area (Å²) in [6.07, 6.45) is 3.90. The molecule has 4 heteroatoms. The van der Waals surface area contributed by atoms with Gasteiger partial charge in [0.2, 0.25) is 0 Å². The van der Waals surface area contributed by atoms with Crippen LogP contribution in [-0.4, -0.2) is 15.4 Å². The van der Waals surface area contributed by atoms with Crippen LogP contribution in [0.4, 0.5) is 0 Å². The molecular formula is C11H21N3O. The van der Waals surface area contributed by atoms with Crippen LogP contribution in [0.15, 0.2) is 12.4 Å². The molecule has 0 fully saturated rings. The number of nitrogens with one attached hydrogen (secondary N) is 1. The molecule has 0 bridgehead atoms. The van der Waals surface area contributed by atoms with Crippen LogP contribution in [0.5, 0.6) is 0 Å². The van der Waals surface area contributed by atoms with E-state index in [1.807, 2.05) is 37.8 Å². The predicted molar refractivity (Wildman–Crippen MR) is 60.3 cm³/mol. The molecule has 1 atom stereocenters. The maximum Gasteiger partial charge on any atom is 0.0813 e. The van der Waals surface area contributed by atoms with E-state index < -0.39 is 0 Å². The zero-order chi connectivity index (χ0) is 11.5. The van der Waals surface area contributed by atoms with Gasteiger partial charge in [-0.2, -0.15) is 10.6 Å². The number of hydrogen-bond acceptors (Lipinski definition) is 3. The Hall–Kier alpha value is -0.870. The van der Waals surface area contributed by atoms with Gasteiger partial charge < -0.3 is 0 Å². The second-order valence-electron chi connectivity index (χ2n) is 4.68. The lowest BCUT2D eigenvalue weighted by atomic mass is 10.2. The molecule has 1 N–H and O–H groups in total. The number of nitrogens with zero attached hydrogens (tertiary/aromatic N) is 2. The maximum atomic E-state index is 5.50. The van der Waals surface area contributed by atoms with Gasteiger partial charge in [0.15, 0.2) is 0 Å². The first kappa shape index (κ1) is 12.2. The van der Waals surface area contributed by atoms with Crippen molar-refractivity contribution in [1.29, 1.82) is 0 Å². The molecule has 0 aliphatic heterocycles. The summed E-state index contributed by atoms with van der Waals surface area (Å²) in [6.45, 7) is 11.1. The minimum Gasteiger partial charge on any atom is -0.296 e. The minimum absolute atomic E-state index is 0.157. The van der Waals surface area contributed by atoms with Gasteiger partial charge in [-0.15, -0.1) is 0 Å². The van der Waals surface area contributed by atoms with Gasteiger partial charge in [-0.05, 0) is 34.6 Å². The summed E-state index contributed by atoms with van der Waals surface area (Å²) in [5.74, 6) is 0. The number of aromatic nitrogens is 2. The standard InChI is InChI=1S/C11H21N3O/c1-6-14-8-10(7-12-14)9(2)13-15-11(3,4)5/h7-9,13H,6H2,1-5H3. The van der Waals surface area contributed by atoms with Crippen molar-refractivity contribution in [1.82, 2.24) is 15.3 Å². The summed E-state index contributed by atoms with van der Waals surface area (Å²) in [5.41, 5.74) is 3.99. The van der Waals surface area contributed by atoms with Gasteiger partial charge in [-0.3, -0.25) is 9.52 Å². The second kappa shape index (κ2) is 4.77. The van der Waals surface area contributed by atoms with Gasteiger partial charge in [0, 0.05) is 18.3 Å². The third kappa shape index (κ3) is 4.01. The SMILES string of the molecule is CCn1cc(C(C)NOC(C)(C)C)cn1. The Kier molecular flexibility index (Phi) is 3.88. The van der Waals surface area contributed by atoms with E-state index in [2.05, 4.69) is 24.4 Å². The van der Waals surface area contributed by atoms with Crippen LogP contribution < -0.4 is 5.48 Å². The molecule has 0 amide bonds. The molecule has 86 valence electrons. The average Bonchev–Trinajstić information content (AvgIpc) is 2.61. The molecule has 0 saturated heterocycles. The van der Waals surface area contributed by atoms with E-state index in [0.717, 1.165) is 12.1 Å². The number of rotatable bonds is 4. The third-order valence-electron chi connectivity index (χ3n) is 2.02. The van der Waals surface area contributed by atoms with Gasteiger partial charge in [0.25, 0.3) is 0 Å². The molecule has 1 heterocycles. The Bertz CT molecular complexity index is 301. The monoisotopic (exact) mass is 211 g/mol. The number of hydrogen-bond donors (Lipinski definition) is 1. The molecule has 0 spiro atoms. The van der Waals surface area contributed by atoms with Crippen LogP contribution >= 0.6 is 0 Å². The highest BCUT2D eigenvalue weighted by Gasteiger charge is 2.14. The van der Waals surface area contributed by atoms with Crippen molar-refractivity contribution in [2.75, 3.05) is 0 Å². The zero-order valence-corrected chi connectivity index (χ0v) is 10.2. The summed E-state index contributed by atoms with van der Waals surface area (Å²) < 4.78 is 1.91. The Morgan fingerprint density at radius 1 is 1.53 bits per heavy atom. The molecule has 0 aromatic carbocycles. The van der Waals surface area contributed by atoms with Crippen LogP contribution in [0.3, 0.4) is 0 Å². The molecule has 0 aliphatic carbocycles. The van der Waals surface area contributed by atoms with E-state index in [-0.39, 0.29) is 11.6 Å². The first-order chi connectivity index (χ1) is 6.92. The highest BCUT2D eigenvalue weighted by Crippen LogP contribution is 2.13. The van der Waals surface area contributed by atoms with Crippen LogP contribution in [0.1, 0.15) is 46.2 Å². The van der Waals surface area contributed by atoms with E-state index in [1.165, 1.54) is 0 Å². The Balaban J connectivity index is 2.50. The predicted octanol–water partition coefficient (Wildman–Crippen LogP) is 2.28. The van der Waals surface area contributed by atoms with E-state index in [0.29, 0.717) is 0 Å². The van der Waals surface area contributed by atoms with Gasteiger partial charge in [0.1, 0.15) is 0 Å². The first-order valence-electron chi connectivity index (χ1n) is 5.38. The van der Waals surface area contributed by atoms with Crippen molar-refractivity contribution >= 4 is 0 Å². The van der Waals surface area contributed by atoms with E-state index in [1.54, 1.807) is 0 Å². The van der Waals surface area contributed by atoms with Gasteiger partial charge >= 0.3 is 0 Å². The van der Waals surface area contributed by atoms with Crippen LogP contribution in [-0.2, 0) is 11.4 Å². The number of hydroxylamine groups is 1. The second-order valence-corrected chi connectivity index (χ2v) is 4.68. The number of aryl methyl sites for hydroxylation is 1. The summed E-state index contributed by atoms with van der Waals surface area (Å²) >= 11 is 0. The van der Waals surface area contributed by atoms with Crippen molar-refractivity contribution in [2.24, 2.45) is 0 Å². The Morgan fingerprint density at radius 3 is 2.67 bits per heavy atom. The largest absolute Gasteiger partial charge is 0.296 e. The molecule has 15 heavy (non-hydrogen) atoms. The lowest BCUT2D eigenvalue weighted by molar-refractivity contribution is -0.0866. The Morgan fingerprint density at radius 2 is 2.20 bits per heavy atom. The van der Waals surface area contributed by atoms with Crippen molar-refractivity contribution < 1.29 is 4.84 Å². The third-order valence-corrected chi connectivity index (χ3v) is 2.02. The summed E-state index contributed by atoms with van der Waals surface area (Å²) in [4.78, 5) is 5.50. The van der Waals surface area contributed by atoms with E-state index in [9.17, 15) is 0 Å². The fourth-order valence-electron chi connectivity index (χ4n) is 1.11. The fraction of sp³-hybridized carbons (Fsp3) is 0.727. The van der Waals surface area contributed by atoms with E-state index >= 15 is 0 Å². The highest BCUT2D eigenvalue weighted by atomic mass is 16.7. The molecule has 1 rings (SSSR count). The van der Waals surface area contributed by atoms with Crippen LogP contribution in [0.25, 0.3) is 0 Å². The molecule has 1 aromatic rings. The summed E-state index contributed by atoms with van der Waals surface area (Å²) in [6, 6.07) is 0.157.